The van der Waals surface area contributed by atoms with Gasteiger partial charge in [0.05, 0.1) is 25.9 Å². The van der Waals surface area contributed by atoms with Crippen LogP contribution in [0.4, 0.5) is 40.7 Å². The maximum atomic E-state index is 14.3. The highest BCUT2D eigenvalue weighted by Gasteiger charge is 2.38. The number of hydrogen-bond donors (Lipinski definition) is 4. The SMILES string of the molecule is COc1cc(Nc2ncc(F)c(Nc3ccc4oc(=O)[nH]c4c3)n2)cc(C)c1OC.O=C(O)C(F)(F)F. The first-order chi connectivity index (χ1) is 17.4. The van der Waals surface area contributed by atoms with Crippen LogP contribution in [0.5, 0.6) is 11.5 Å². The van der Waals surface area contributed by atoms with E-state index in [1.54, 1.807) is 38.5 Å². The highest BCUT2D eigenvalue weighted by molar-refractivity contribution is 5.78. The number of ether oxygens (including phenoxy) is 2. The molecule has 4 aromatic rings. The first-order valence-electron chi connectivity index (χ1n) is 10.1. The van der Waals surface area contributed by atoms with Gasteiger partial charge in [0, 0.05) is 17.4 Å². The molecule has 2 heterocycles. The highest BCUT2D eigenvalue weighted by atomic mass is 19.4. The number of anilines is 4. The van der Waals surface area contributed by atoms with Crippen LogP contribution < -0.4 is 25.9 Å². The Bertz CT molecular complexity index is 1480. The molecule has 4 rings (SSSR count). The maximum absolute atomic E-state index is 14.3. The molecule has 15 heteroatoms. The van der Waals surface area contributed by atoms with Gasteiger partial charge in [-0.1, -0.05) is 0 Å². The predicted octanol–water partition coefficient (Wildman–Crippen LogP) is 4.50. The van der Waals surface area contributed by atoms with E-state index in [9.17, 15) is 22.4 Å². The standard InChI is InChI=1S/C20H18FN5O4.C2HF3O2/c1-10-6-12(8-16(28-2)17(10)29-3)24-19-22-9-13(21)18(26-19)23-11-4-5-15-14(7-11)25-20(27)30-15;3-2(4,5)1(6)7/h4-9H,1-3H3,(H,25,27)(H2,22,23,24,26);(H,6,7). The third-order valence-corrected chi connectivity index (χ3v) is 4.59. The molecular formula is C22H19F4N5O6. The zero-order chi connectivity index (χ0) is 27.3. The number of halogens is 4. The van der Waals surface area contributed by atoms with E-state index in [0.717, 1.165) is 11.8 Å². The van der Waals surface area contributed by atoms with Gasteiger partial charge in [0.1, 0.15) is 0 Å². The summed E-state index contributed by atoms with van der Waals surface area (Å²) in [5.74, 6) is -2.64. The number of aryl methyl sites for hydroxylation is 1. The fourth-order valence-corrected chi connectivity index (χ4v) is 3.04. The summed E-state index contributed by atoms with van der Waals surface area (Å²) in [6, 6.07) is 8.43. The van der Waals surface area contributed by atoms with Crippen LogP contribution in [0.1, 0.15) is 5.56 Å². The van der Waals surface area contributed by atoms with Crippen LogP contribution in [-0.2, 0) is 4.79 Å². The number of nitrogens with one attached hydrogen (secondary N) is 3. The number of aliphatic carboxylic acids is 1. The quantitative estimate of drug-likeness (QED) is 0.265. The molecular weight excluding hydrogens is 506 g/mol. The number of benzene rings is 2. The summed E-state index contributed by atoms with van der Waals surface area (Å²) < 4.78 is 61.6. The maximum Gasteiger partial charge on any atom is 0.490 e. The van der Waals surface area contributed by atoms with Crippen molar-refractivity contribution in [2.45, 2.75) is 13.1 Å². The van der Waals surface area contributed by atoms with Gasteiger partial charge in [-0.15, -0.1) is 0 Å². The largest absolute Gasteiger partial charge is 0.493 e. The molecule has 0 spiro atoms. The van der Waals surface area contributed by atoms with E-state index in [0.29, 0.717) is 34.0 Å². The minimum atomic E-state index is -5.08. The molecule has 0 saturated heterocycles. The molecule has 0 fully saturated rings. The third kappa shape index (κ3) is 6.65. The summed E-state index contributed by atoms with van der Waals surface area (Å²) >= 11 is 0. The van der Waals surface area contributed by atoms with E-state index in [1.165, 1.54) is 0 Å². The molecule has 4 N–H and O–H groups in total. The number of alkyl halides is 3. The summed E-state index contributed by atoms with van der Waals surface area (Å²) in [6.07, 6.45) is -4.02. The Morgan fingerprint density at radius 3 is 2.43 bits per heavy atom. The Morgan fingerprint density at radius 1 is 1.11 bits per heavy atom. The van der Waals surface area contributed by atoms with Crippen LogP contribution >= 0.6 is 0 Å². The molecule has 0 saturated carbocycles. The van der Waals surface area contributed by atoms with Gasteiger partial charge in [0.15, 0.2) is 28.7 Å². The number of carboxylic acid groups (broad SMARTS) is 1. The number of aromatic amines is 1. The first-order valence-corrected chi connectivity index (χ1v) is 10.1. The lowest BCUT2D eigenvalue weighted by Crippen LogP contribution is -2.21. The van der Waals surface area contributed by atoms with Gasteiger partial charge in [0.2, 0.25) is 5.95 Å². The van der Waals surface area contributed by atoms with Crippen molar-refractivity contribution < 1.29 is 41.4 Å². The Balaban J connectivity index is 0.000000479. The zero-order valence-corrected chi connectivity index (χ0v) is 19.4. The summed E-state index contributed by atoms with van der Waals surface area (Å²) in [6.45, 7) is 1.88. The van der Waals surface area contributed by atoms with Crippen molar-refractivity contribution in [2.24, 2.45) is 0 Å². The van der Waals surface area contributed by atoms with Crippen molar-refractivity contribution in [1.29, 1.82) is 0 Å². The van der Waals surface area contributed by atoms with Gasteiger partial charge in [-0.25, -0.2) is 19.0 Å². The summed E-state index contributed by atoms with van der Waals surface area (Å²) in [5, 5.41) is 13.0. The van der Waals surface area contributed by atoms with Crippen molar-refractivity contribution in [1.82, 2.24) is 15.0 Å². The Morgan fingerprint density at radius 2 is 1.81 bits per heavy atom. The minimum absolute atomic E-state index is 0.0325. The van der Waals surface area contributed by atoms with E-state index < -0.39 is 23.7 Å². The molecule has 0 unspecified atom stereocenters. The average Bonchev–Trinajstić information content (AvgIpc) is 3.20. The van der Waals surface area contributed by atoms with Crippen molar-refractivity contribution >= 4 is 40.2 Å². The predicted molar refractivity (Wildman–Crippen MR) is 123 cm³/mol. The number of rotatable bonds is 6. The van der Waals surface area contributed by atoms with Gasteiger partial charge in [-0.3, -0.25) is 4.98 Å². The van der Waals surface area contributed by atoms with Crippen LogP contribution in [0.3, 0.4) is 0 Å². The van der Waals surface area contributed by atoms with Crippen molar-refractivity contribution in [3.05, 3.63) is 58.5 Å². The molecule has 196 valence electrons. The smallest absolute Gasteiger partial charge is 0.490 e. The highest BCUT2D eigenvalue weighted by Crippen LogP contribution is 2.35. The van der Waals surface area contributed by atoms with Crippen LogP contribution in [0, 0.1) is 12.7 Å². The van der Waals surface area contributed by atoms with E-state index in [1.807, 2.05) is 13.0 Å². The van der Waals surface area contributed by atoms with E-state index in [4.69, 9.17) is 23.8 Å². The molecule has 37 heavy (non-hydrogen) atoms. The van der Waals surface area contributed by atoms with Gasteiger partial charge in [0.25, 0.3) is 0 Å². The lowest BCUT2D eigenvalue weighted by Gasteiger charge is -2.14. The third-order valence-electron chi connectivity index (χ3n) is 4.59. The number of carbonyl (C=O) groups is 1. The number of aromatic nitrogens is 3. The zero-order valence-electron chi connectivity index (χ0n) is 19.4. The van der Waals surface area contributed by atoms with E-state index >= 15 is 0 Å². The summed E-state index contributed by atoms with van der Waals surface area (Å²) in [5.41, 5.74) is 2.91. The number of H-pyrrole nitrogens is 1. The molecule has 0 aliphatic rings. The van der Waals surface area contributed by atoms with Crippen molar-refractivity contribution in [2.75, 3.05) is 24.9 Å². The second-order valence-electron chi connectivity index (χ2n) is 7.20. The molecule has 0 aliphatic carbocycles. The average molecular weight is 525 g/mol. The monoisotopic (exact) mass is 525 g/mol. The molecule has 2 aromatic heterocycles. The van der Waals surface area contributed by atoms with Crippen LogP contribution in [-0.4, -0.2) is 46.4 Å². The fourth-order valence-electron chi connectivity index (χ4n) is 3.04. The van der Waals surface area contributed by atoms with Gasteiger partial charge in [-0.05, 0) is 36.8 Å². The van der Waals surface area contributed by atoms with Gasteiger partial charge in [-0.2, -0.15) is 18.2 Å². The minimum Gasteiger partial charge on any atom is -0.493 e. The van der Waals surface area contributed by atoms with Crippen molar-refractivity contribution in [3.8, 4) is 11.5 Å². The van der Waals surface area contributed by atoms with Crippen LogP contribution in [0.2, 0.25) is 0 Å². The molecule has 11 nitrogen and oxygen atoms in total. The Hall–Kier alpha value is -4.82. The number of fused-ring (bicyclic) bond motifs is 1. The number of nitrogens with zero attached hydrogens (tertiary/aromatic N) is 2. The van der Waals surface area contributed by atoms with Gasteiger partial charge >= 0.3 is 17.9 Å². The normalized spacial score (nSPS) is 10.9. The molecule has 0 aliphatic heterocycles. The molecule has 2 aromatic carbocycles. The lowest BCUT2D eigenvalue weighted by atomic mass is 10.2. The number of oxazole rings is 1. The van der Waals surface area contributed by atoms with Crippen molar-refractivity contribution in [3.63, 3.8) is 0 Å². The number of hydrogen-bond acceptors (Lipinski definition) is 9. The fraction of sp³-hybridized carbons (Fsp3) is 0.182. The first kappa shape index (κ1) is 26.8. The number of carboxylic acids is 1. The van der Waals surface area contributed by atoms with E-state index in [2.05, 4.69) is 25.6 Å². The van der Waals surface area contributed by atoms with Crippen LogP contribution in [0.15, 0.2) is 45.7 Å². The van der Waals surface area contributed by atoms with Crippen LogP contribution in [0.25, 0.3) is 11.1 Å². The molecule has 0 radical (unpaired) electrons. The lowest BCUT2D eigenvalue weighted by molar-refractivity contribution is -0.192. The van der Waals surface area contributed by atoms with Gasteiger partial charge < -0.3 is 29.6 Å². The summed E-state index contributed by atoms with van der Waals surface area (Å²) in [4.78, 5) is 30.9. The Kier molecular flexibility index (Phi) is 7.85. The summed E-state index contributed by atoms with van der Waals surface area (Å²) in [7, 11) is 3.11. The molecule has 0 atom stereocenters. The second kappa shape index (κ2) is 10.8. The second-order valence-corrected chi connectivity index (χ2v) is 7.20. The number of methoxy groups -OCH3 is 2. The van der Waals surface area contributed by atoms with E-state index in [-0.39, 0.29) is 11.8 Å². The molecule has 0 bridgehead atoms. The Labute approximate surface area is 205 Å². The topological polar surface area (TPSA) is 152 Å². The molecule has 0 amide bonds.